The Kier molecular flexibility index (Phi) is 5.63. The van der Waals surface area contributed by atoms with Crippen LogP contribution in [0.2, 0.25) is 0 Å². The minimum atomic E-state index is -0.394. The van der Waals surface area contributed by atoms with Gasteiger partial charge in [0, 0.05) is 10.5 Å². The number of fused-ring (bicyclic) bond motifs is 1. The van der Waals surface area contributed by atoms with Crippen molar-refractivity contribution in [2.45, 2.75) is 22.6 Å². The number of ether oxygens (including phenoxy) is 2. The van der Waals surface area contributed by atoms with Crippen molar-refractivity contribution in [2.75, 3.05) is 25.7 Å². The minimum absolute atomic E-state index is 0.375. The van der Waals surface area contributed by atoms with Crippen LogP contribution < -0.4 is 15.2 Å². The lowest BCUT2D eigenvalue weighted by atomic mass is 10.1. The summed E-state index contributed by atoms with van der Waals surface area (Å²) in [5.74, 6) is 2.29. The molecule has 0 amide bonds. The second-order valence-corrected chi connectivity index (χ2v) is 9.23. The molecule has 8 heteroatoms. The molecule has 0 spiro atoms. The molecule has 1 atom stereocenters. The molecule has 0 unspecified atom stereocenters. The number of hydrogen-bond donors (Lipinski definition) is 1. The van der Waals surface area contributed by atoms with Crippen LogP contribution in [0.15, 0.2) is 41.4 Å². The molecule has 150 valence electrons. The summed E-state index contributed by atoms with van der Waals surface area (Å²) in [5, 5.41) is 9.74. The summed E-state index contributed by atoms with van der Waals surface area (Å²) in [6.45, 7) is 0.375. The van der Waals surface area contributed by atoms with Gasteiger partial charge in [0.15, 0.2) is 5.88 Å². The topological polar surface area (TPSA) is 85.6 Å². The Morgan fingerprint density at radius 1 is 1.41 bits per heavy atom. The van der Waals surface area contributed by atoms with Gasteiger partial charge in [-0.25, -0.2) is 4.98 Å². The number of nitrogens with zero attached hydrogens (tertiary/aromatic N) is 3. The van der Waals surface area contributed by atoms with Gasteiger partial charge in [-0.1, -0.05) is 6.07 Å². The van der Waals surface area contributed by atoms with Gasteiger partial charge in [-0.15, -0.1) is 23.5 Å². The van der Waals surface area contributed by atoms with Gasteiger partial charge in [0.25, 0.3) is 0 Å². The Bertz CT molecular complexity index is 1080. The summed E-state index contributed by atoms with van der Waals surface area (Å²) in [6, 6.07) is 11.9. The van der Waals surface area contributed by atoms with Gasteiger partial charge in [0.05, 0.1) is 23.9 Å². The first-order chi connectivity index (χ1) is 14.1. The summed E-state index contributed by atoms with van der Waals surface area (Å²) >= 11 is 3.25. The van der Waals surface area contributed by atoms with E-state index in [1.54, 1.807) is 18.9 Å². The molecule has 4 rings (SSSR count). The maximum Gasteiger partial charge on any atom is 0.199 e. The van der Waals surface area contributed by atoms with Crippen LogP contribution >= 0.6 is 23.5 Å². The van der Waals surface area contributed by atoms with Crippen molar-refractivity contribution >= 4 is 29.2 Å². The monoisotopic (exact) mass is 426 g/mol. The fourth-order valence-electron chi connectivity index (χ4n) is 3.52. The number of methoxy groups -OCH3 is 1. The summed E-state index contributed by atoms with van der Waals surface area (Å²) in [6.07, 6.45) is 5.77. The van der Waals surface area contributed by atoms with Crippen molar-refractivity contribution in [3.63, 3.8) is 0 Å². The third-order valence-electron chi connectivity index (χ3n) is 5.00. The van der Waals surface area contributed by atoms with E-state index in [1.807, 2.05) is 47.2 Å². The molecule has 3 heterocycles. The van der Waals surface area contributed by atoms with E-state index < -0.39 is 4.87 Å². The molecular formula is C21H22N4O2S2. The van der Waals surface area contributed by atoms with Gasteiger partial charge in [0.2, 0.25) is 0 Å². The molecule has 1 fully saturated rings. The van der Waals surface area contributed by atoms with E-state index in [2.05, 4.69) is 11.1 Å². The lowest BCUT2D eigenvalue weighted by Gasteiger charge is -2.23. The Labute approximate surface area is 178 Å². The predicted octanol–water partition coefficient (Wildman–Crippen LogP) is 4.16. The zero-order chi connectivity index (χ0) is 20.4. The molecule has 3 aromatic rings. The van der Waals surface area contributed by atoms with Gasteiger partial charge < -0.3 is 15.2 Å². The van der Waals surface area contributed by atoms with Crippen LogP contribution in [0, 0.1) is 11.3 Å². The molecule has 0 bridgehead atoms. The van der Waals surface area contributed by atoms with Crippen molar-refractivity contribution in [1.29, 1.82) is 5.26 Å². The molecule has 1 aliphatic heterocycles. The van der Waals surface area contributed by atoms with Crippen LogP contribution in [-0.2, 0) is 0 Å². The van der Waals surface area contributed by atoms with Crippen molar-refractivity contribution in [2.24, 2.45) is 5.73 Å². The number of imidazole rings is 1. The highest BCUT2D eigenvalue weighted by Gasteiger charge is 2.31. The summed E-state index contributed by atoms with van der Waals surface area (Å²) in [4.78, 5) is 4.96. The second kappa shape index (κ2) is 8.19. The van der Waals surface area contributed by atoms with Gasteiger partial charge in [-0.3, -0.25) is 4.40 Å². The fraction of sp³-hybridized carbons (Fsp3) is 0.333. The quantitative estimate of drug-likeness (QED) is 0.592. The molecule has 0 aliphatic carbocycles. The maximum atomic E-state index is 9.74. The lowest BCUT2D eigenvalue weighted by Crippen LogP contribution is -2.39. The largest absolute Gasteiger partial charge is 0.489 e. The van der Waals surface area contributed by atoms with Gasteiger partial charge in [-0.2, -0.15) is 5.26 Å². The number of nitrogens with two attached hydrogens (primary N) is 1. The van der Waals surface area contributed by atoms with E-state index >= 15 is 0 Å². The van der Waals surface area contributed by atoms with E-state index in [-0.39, 0.29) is 0 Å². The van der Waals surface area contributed by atoms with Crippen molar-refractivity contribution in [1.82, 2.24) is 9.38 Å². The van der Waals surface area contributed by atoms with Gasteiger partial charge in [-0.05, 0) is 49.1 Å². The van der Waals surface area contributed by atoms with Crippen LogP contribution in [0.25, 0.3) is 16.9 Å². The first-order valence-corrected chi connectivity index (χ1v) is 11.5. The van der Waals surface area contributed by atoms with Crippen LogP contribution in [0.5, 0.6) is 11.6 Å². The number of nitriles is 1. The molecule has 1 aliphatic rings. The zero-order valence-corrected chi connectivity index (χ0v) is 18.0. The highest BCUT2D eigenvalue weighted by molar-refractivity contribution is 8.00. The van der Waals surface area contributed by atoms with Gasteiger partial charge in [0.1, 0.15) is 29.6 Å². The number of thioether (sulfide) groups is 2. The van der Waals surface area contributed by atoms with Crippen LogP contribution in [0.4, 0.5) is 0 Å². The summed E-state index contributed by atoms with van der Waals surface area (Å²) in [7, 11) is 1.64. The summed E-state index contributed by atoms with van der Waals surface area (Å²) < 4.78 is 13.6. The highest BCUT2D eigenvalue weighted by atomic mass is 32.2. The molecule has 29 heavy (non-hydrogen) atoms. The number of rotatable bonds is 6. The second-order valence-electron chi connectivity index (χ2n) is 6.87. The average Bonchev–Trinajstić information content (AvgIpc) is 3.38. The Hall–Kier alpha value is -2.34. The normalized spacial score (nSPS) is 18.7. The fourth-order valence-corrected chi connectivity index (χ4v) is 5.25. The Balaban J connectivity index is 1.80. The SMILES string of the molecule is COc1cccc2ncc(-c3cc(OC[C@@]4(N)CCCS4)c(C#N)c(SC)c3)n12. The third-order valence-corrected chi connectivity index (χ3v) is 7.15. The number of benzene rings is 1. The van der Waals surface area contributed by atoms with Crippen LogP contribution in [0.1, 0.15) is 18.4 Å². The number of aromatic nitrogens is 2. The van der Waals surface area contributed by atoms with Crippen LogP contribution in [-0.4, -0.2) is 40.0 Å². The Morgan fingerprint density at radius 3 is 2.97 bits per heavy atom. The van der Waals surface area contributed by atoms with Crippen molar-refractivity contribution < 1.29 is 9.47 Å². The molecular weight excluding hydrogens is 404 g/mol. The molecule has 0 radical (unpaired) electrons. The predicted molar refractivity (Wildman–Crippen MR) is 118 cm³/mol. The lowest BCUT2D eigenvalue weighted by molar-refractivity contribution is 0.268. The number of pyridine rings is 1. The van der Waals surface area contributed by atoms with Crippen molar-refractivity contribution in [3.8, 4) is 29.0 Å². The molecule has 6 nitrogen and oxygen atoms in total. The summed E-state index contributed by atoms with van der Waals surface area (Å²) in [5.41, 5.74) is 9.54. The molecule has 0 saturated carbocycles. The third kappa shape index (κ3) is 3.78. The Morgan fingerprint density at radius 2 is 2.28 bits per heavy atom. The van der Waals surface area contributed by atoms with E-state index in [0.29, 0.717) is 23.8 Å². The van der Waals surface area contributed by atoms with E-state index in [1.165, 1.54) is 11.8 Å². The first kappa shape index (κ1) is 20.0. The van der Waals surface area contributed by atoms with Crippen molar-refractivity contribution in [3.05, 3.63) is 42.1 Å². The maximum absolute atomic E-state index is 9.74. The molecule has 1 aromatic carbocycles. The van der Waals surface area contributed by atoms with E-state index in [4.69, 9.17) is 15.2 Å². The van der Waals surface area contributed by atoms with E-state index in [9.17, 15) is 5.26 Å². The zero-order valence-electron chi connectivity index (χ0n) is 16.3. The first-order valence-electron chi connectivity index (χ1n) is 9.27. The van der Waals surface area contributed by atoms with E-state index in [0.717, 1.165) is 40.4 Å². The minimum Gasteiger partial charge on any atom is -0.489 e. The smallest absolute Gasteiger partial charge is 0.199 e. The standard InChI is InChI=1S/C21H22N4O2S2/c1-26-20-6-3-5-19-24-12-16(25(19)20)14-9-17(15(11-22)18(10-14)28-2)27-13-21(23)7-4-8-29-21/h3,5-6,9-10,12H,4,7-8,13,23H2,1-2H3/t21-/m1/s1. The molecule has 1 saturated heterocycles. The van der Waals surface area contributed by atoms with Gasteiger partial charge >= 0.3 is 0 Å². The highest BCUT2D eigenvalue weighted by Crippen LogP contribution is 2.38. The average molecular weight is 427 g/mol. The number of hydrogen-bond acceptors (Lipinski definition) is 7. The molecule has 2 aromatic heterocycles. The molecule has 2 N–H and O–H groups in total. The van der Waals surface area contributed by atoms with Crippen LogP contribution in [0.3, 0.4) is 0 Å².